The zero-order valence-corrected chi connectivity index (χ0v) is 12.0. The molecular weight excluding hydrogens is 262 g/mol. The van der Waals surface area contributed by atoms with Crippen molar-refractivity contribution in [2.24, 2.45) is 11.8 Å². The Kier molecular flexibility index (Phi) is 5.08. The Balaban J connectivity index is 1.86. The number of carbonyl (C=O) groups excluding carboxylic acids is 1. The number of halogens is 1. The van der Waals surface area contributed by atoms with Gasteiger partial charge in [0.05, 0.1) is 7.11 Å². The molecule has 0 aliphatic heterocycles. The van der Waals surface area contributed by atoms with E-state index in [4.69, 9.17) is 16.3 Å². The van der Waals surface area contributed by atoms with E-state index in [-0.39, 0.29) is 5.91 Å². The van der Waals surface area contributed by atoms with Gasteiger partial charge in [-0.3, -0.25) is 4.79 Å². The molecule has 1 aromatic carbocycles. The van der Waals surface area contributed by atoms with Crippen molar-refractivity contribution >= 4 is 17.5 Å². The fourth-order valence-electron chi connectivity index (χ4n) is 2.65. The third-order valence-corrected chi connectivity index (χ3v) is 4.29. The summed E-state index contributed by atoms with van der Waals surface area (Å²) in [6.45, 7) is 0.724. The van der Waals surface area contributed by atoms with Gasteiger partial charge in [0.25, 0.3) is 5.91 Å². The van der Waals surface area contributed by atoms with Crippen molar-refractivity contribution in [1.29, 1.82) is 0 Å². The second kappa shape index (κ2) is 6.80. The van der Waals surface area contributed by atoms with Crippen molar-refractivity contribution in [3.8, 4) is 5.75 Å². The van der Waals surface area contributed by atoms with E-state index in [1.54, 1.807) is 31.4 Å². The van der Waals surface area contributed by atoms with E-state index in [2.05, 4.69) is 5.32 Å². The smallest absolute Gasteiger partial charge is 0.251 e. The van der Waals surface area contributed by atoms with Crippen molar-refractivity contribution in [2.45, 2.75) is 19.3 Å². The molecule has 1 aliphatic carbocycles. The van der Waals surface area contributed by atoms with Crippen LogP contribution in [0.15, 0.2) is 24.3 Å². The molecular formula is C15H20ClNO2. The quantitative estimate of drug-likeness (QED) is 0.843. The number of methoxy groups -OCH3 is 1. The predicted molar refractivity (Wildman–Crippen MR) is 76.9 cm³/mol. The number of alkyl halides is 1. The van der Waals surface area contributed by atoms with Gasteiger partial charge in [0.1, 0.15) is 5.75 Å². The summed E-state index contributed by atoms with van der Waals surface area (Å²) in [6.07, 6.45) is 3.58. The van der Waals surface area contributed by atoms with Crippen molar-refractivity contribution in [3.63, 3.8) is 0 Å². The number of rotatable bonds is 5. The fourth-order valence-corrected chi connectivity index (χ4v) is 3.06. The van der Waals surface area contributed by atoms with Crippen LogP contribution in [0.4, 0.5) is 0 Å². The van der Waals surface area contributed by atoms with Gasteiger partial charge in [0.15, 0.2) is 0 Å². The summed E-state index contributed by atoms with van der Waals surface area (Å²) >= 11 is 5.94. The van der Waals surface area contributed by atoms with E-state index >= 15 is 0 Å². The summed E-state index contributed by atoms with van der Waals surface area (Å²) in [7, 11) is 1.61. The summed E-state index contributed by atoms with van der Waals surface area (Å²) in [5, 5.41) is 3.00. The van der Waals surface area contributed by atoms with Crippen LogP contribution in [0.3, 0.4) is 0 Å². The number of benzene rings is 1. The third-order valence-electron chi connectivity index (χ3n) is 3.89. The van der Waals surface area contributed by atoms with Crippen LogP contribution >= 0.6 is 11.6 Å². The first-order chi connectivity index (χ1) is 9.24. The number of carbonyl (C=O) groups is 1. The van der Waals surface area contributed by atoms with Gasteiger partial charge in [-0.25, -0.2) is 0 Å². The minimum atomic E-state index is -0.0251. The number of amides is 1. The maximum Gasteiger partial charge on any atom is 0.251 e. The first kappa shape index (κ1) is 14.2. The molecule has 1 N–H and O–H groups in total. The minimum Gasteiger partial charge on any atom is -0.497 e. The van der Waals surface area contributed by atoms with Crippen LogP contribution in [0.1, 0.15) is 29.6 Å². The Morgan fingerprint density at radius 2 is 2.00 bits per heavy atom. The fraction of sp³-hybridized carbons (Fsp3) is 0.533. The first-order valence-corrected chi connectivity index (χ1v) is 7.26. The molecule has 2 rings (SSSR count). The molecule has 1 aliphatic rings. The lowest BCUT2D eigenvalue weighted by molar-refractivity contribution is 0.0944. The summed E-state index contributed by atoms with van der Waals surface area (Å²) in [5.41, 5.74) is 0.668. The SMILES string of the molecule is COc1ccc(C(=O)NCC2CCCC2CCl)cc1. The van der Waals surface area contributed by atoms with Crippen molar-refractivity contribution in [3.05, 3.63) is 29.8 Å². The Morgan fingerprint density at radius 1 is 1.32 bits per heavy atom. The molecule has 1 amide bonds. The van der Waals surface area contributed by atoms with Gasteiger partial charge < -0.3 is 10.1 Å². The van der Waals surface area contributed by atoms with Crippen LogP contribution in [-0.2, 0) is 0 Å². The van der Waals surface area contributed by atoms with E-state index in [0.29, 0.717) is 23.3 Å². The lowest BCUT2D eigenvalue weighted by atomic mass is 9.98. The van der Waals surface area contributed by atoms with E-state index in [0.717, 1.165) is 12.3 Å². The normalized spacial score (nSPS) is 22.2. The molecule has 0 saturated heterocycles. The molecule has 1 saturated carbocycles. The highest BCUT2D eigenvalue weighted by Crippen LogP contribution is 2.31. The zero-order chi connectivity index (χ0) is 13.7. The van der Waals surface area contributed by atoms with Crippen LogP contribution in [-0.4, -0.2) is 25.4 Å². The molecule has 0 heterocycles. The number of nitrogens with one attached hydrogen (secondary N) is 1. The van der Waals surface area contributed by atoms with Gasteiger partial charge in [0.2, 0.25) is 0 Å². The van der Waals surface area contributed by atoms with Gasteiger partial charge in [-0.1, -0.05) is 6.42 Å². The maximum atomic E-state index is 12.0. The average Bonchev–Trinajstić information content (AvgIpc) is 2.92. The van der Waals surface area contributed by atoms with Gasteiger partial charge >= 0.3 is 0 Å². The largest absolute Gasteiger partial charge is 0.497 e. The predicted octanol–water partition coefficient (Wildman–Crippen LogP) is 3.08. The second-order valence-corrected chi connectivity index (χ2v) is 5.35. The van der Waals surface area contributed by atoms with Crippen LogP contribution in [0, 0.1) is 11.8 Å². The van der Waals surface area contributed by atoms with E-state index in [9.17, 15) is 4.79 Å². The number of ether oxygens (including phenoxy) is 1. The Labute approximate surface area is 119 Å². The topological polar surface area (TPSA) is 38.3 Å². The lowest BCUT2D eigenvalue weighted by Gasteiger charge is -2.17. The summed E-state index contributed by atoms with van der Waals surface area (Å²) < 4.78 is 5.07. The second-order valence-electron chi connectivity index (χ2n) is 5.04. The Bertz CT molecular complexity index is 419. The maximum absolute atomic E-state index is 12.0. The molecule has 1 fully saturated rings. The van der Waals surface area contributed by atoms with E-state index in [1.165, 1.54) is 19.3 Å². The highest BCUT2D eigenvalue weighted by atomic mass is 35.5. The summed E-state index contributed by atoms with van der Waals surface area (Å²) in [4.78, 5) is 12.0. The number of hydrogen-bond donors (Lipinski definition) is 1. The molecule has 2 unspecified atom stereocenters. The van der Waals surface area contributed by atoms with Crippen molar-refractivity contribution < 1.29 is 9.53 Å². The Hall–Kier alpha value is -1.22. The van der Waals surface area contributed by atoms with Gasteiger partial charge in [-0.2, -0.15) is 0 Å². The molecule has 0 radical (unpaired) electrons. The molecule has 19 heavy (non-hydrogen) atoms. The molecule has 4 heteroatoms. The molecule has 104 valence electrons. The van der Waals surface area contributed by atoms with Crippen LogP contribution < -0.4 is 10.1 Å². The van der Waals surface area contributed by atoms with Crippen LogP contribution in [0.5, 0.6) is 5.75 Å². The third kappa shape index (κ3) is 3.63. The van der Waals surface area contributed by atoms with Gasteiger partial charge in [0, 0.05) is 18.0 Å². The Morgan fingerprint density at radius 3 is 2.63 bits per heavy atom. The molecule has 0 aromatic heterocycles. The van der Waals surface area contributed by atoms with Crippen LogP contribution in [0.25, 0.3) is 0 Å². The van der Waals surface area contributed by atoms with E-state index < -0.39 is 0 Å². The monoisotopic (exact) mass is 281 g/mol. The first-order valence-electron chi connectivity index (χ1n) is 6.73. The summed E-state index contributed by atoms with van der Waals surface area (Å²) in [6, 6.07) is 7.15. The number of hydrogen-bond acceptors (Lipinski definition) is 2. The molecule has 0 spiro atoms. The lowest BCUT2D eigenvalue weighted by Crippen LogP contribution is -2.31. The van der Waals surface area contributed by atoms with Gasteiger partial charge in [-0.15, -0.1) is 11.6 Å². The highest BCUT2D eigenvalue weighted by molar-refractivity contribution is 6.18. The minimum absolute atomic E-state index is 0.0251. The molecule has 2 atom stereocenters. The van der Waals surface area contributed by atoms with E-state index in [1.807, 2.05) is 0 Å². The van der Waals surface area contributed by atoms with Crippen molar-refractivity contribution in [2.75, 3.05) is 19.5 Å². The molecule has 1 aromatic rings. The van der Waals surface area contributed by atoms with Crippen molar-refractivity contribution in [1.82, 2.24) is 5.32 Å². The molecule has 0 bridgehead atoms. The average molecular weight is 282 g/mol. The highest BCUT2D eigenvalue weighted by Gasteiger charge is 2.26. The standard InChI is InChI=1S/C15H20ClNO2/c1-19-14-7-5-11(6-8-14)15(18)17-10-13-4-2-3-12(13)9-16/h5-8,12-13H,2-4,9-10H2,1H3,(H,17,18). The zero-order valence-electron chi connectivity index (χ0n) is 11.2. The summed E-state index contributed by atoms with van der Waals surface area (Å²) in [5.74, 6) is 2.51. The molecule has 3 nitrogen and oxygen atoms in total. The van der Waals surface area contributed by atoms with Gasteiger partial charge in [-0.05, 0) is 48.9 Å². The van der Waals surface area contributed by atoms with Crippen LogP contribution in [0.2, 0.25) is 0 Å².